The molecule has 0 aliphatic rings. The van der Waals surface area contributed by atoms with Gasteiger partial charge in [-0.1, -0.05) is 18.2 Å². The fraction of sp³-hybridized carbons (Fsp3) is 0.263. The Bertz CT molecular complexity index is 778. The van der Waals surface area contributed by atoms with E-state index < -0.39 is 17.9 Å². The summed E-state index contributed by atoms with van der Waals surface area (Å²) in [4.78, 5) is 24.3. The fourth-order valence-corrected chi connectivity index (χ4v) is 2.51. The largest absolute Gasteiger partial charge is 0.497 e. The Hall–Kier alpha value is -3.02. The molecule has 2 aromatic carbocycles. The van der Waals surface area contributed by atoms with Crippen molar-refractivity contribution in [3.8, 4) is 11.5 Å². The van der Waals surface area contributed by atoms with Gasteiger partial charge in [0.2, 0.25) is 0 Å². The van der Waals surface area contributed by atoms with Crippen molar-refractivity contribution in [3.05, 3.63) is 58.7 Å². The molecule has 0 aliphatic heterocycles. The summed E-state index contributed by atoms with van der Waals surface area (Å²) in [5, 5.41) is 12.1. The second kappa shape index (κ2) is 7.70. The summed E-state index contributed by atoms with van der Waals surface area (Å²) in [5.74, 6) is -0.756. The Kier molecular flexibility index (Phi) is 5.64. The smallest absolute Gasteiger partial charge is 0.330 e. The van der Waals surface area contributed by atoms with Gasteiger partial charge in [0.25, 0.3) is 5.91 Å². The number of nitrogens with one attached hydrogen (secondary N) is 1. The number of aliphatic carboxylic acids is 1. The molecule has 25 heavy (non-hydrogen) atoms. The number of aryl methyl sites for hydroxylation is 1. The SMILES string of the molecule is COc1cc(OC)cc(C(=O)NC(C(=O)O)c2cccc(C)c2C)c1. The van der Waals surface area contributed by atoms with E-state index in [1.165, 1.54) is 26.4 Å². The summed E-state index contributed by atoms with van der Waals surface area (Å²) >= 11 is 0. The zero-order chi connectivity index (χ0) is 18.6. The lowest BCUT2D eigenvalue weighted by atomic mass is 9.97. The number of carbonyl (C=O) groups excluding carboxylic acids is 1. The van der Waals surface area contributed by atoms with Gasteiger partial charge < -0.3 is 19.9 Å². The number of hydrogen-bond donors (Lipinski definition) is 2. The minimum absolute atomic E-state index is 0.257. The number of carboxylic acid groups (broad SMARTS) is 1. The van der Waals surface area contributed by atoms with Crippen LogP contribution in [0.25, 0.3) is 0 Å². The van der Waals surface area contributed by atoms with Crippen LogP contribution >= 0.6 is 0 Å². The third-order valence-electron chi connectivity index (χ3n) is 4.09. The van der Waals surface area contributed by atoms with Gasteiger partial charge in [0, 0.05) is 11.6 Å². The molecule has 0 saturated heterocycles. The molecular formula is C19H21NO5. The van der Waals surface area contributed by atoms with Gasteiger partial charge in [0.05, 0.1) is 14.2 Å². The van der Waals surface area contributed by atoms with Gasteiger partial charge >= 0.3 is 5.97 Å². The number of carbonyl (C=O) groups is 2. The van der Waals surface area contributed by atoms with E-state index in [1.54, 1.807) is 18.2 Å². The van der Waals surface area contributed by atoms with Crippen molar-refractivity contribution < 1.29 is 24.2 Å². The molecule has 0 spiro atoms. The standard InChI is InChI=1S/C19H21NO5/c1-11-6-5-7-16(12(11)2)17(19(22)23)20-18(21)13-8-14(24-3)10-15(9-13)25-4/h5-10,17H,1-4H3,(H,20,21)(H,22,23). The number of hydrogen-bond acceptors (Lipinski definition) is 4. The summed E-state index contributed by atoms with van der Waals surface area (Å²) in [5.41, 5.74) is 2.60. The molecule has 1 unspecified atom stereocenters. The van der Waals surface area contributed by atoms with Crippen molar-refractivity contribution in [3.63, 3.8) is 0 Å². The van der Waals surface area contributed by atoms with Gasteiger partial charge in [0.15, 0.2) is 6.04 Å². The summed E-state index contributed by atoms with van der Waals surface area (Å²) in [7, 11) is 2.96. The Morgan fingerprint density at radius 3 is 2.16 bits per heavy atom. The Morgan fingerprint density at radius 2 is 1.64 bits per heavy atom. The van der Waals surface area contributed by atoms with E-state index in [9.17, 15) is 14.7 Å². The average molecular weight is 343 g/mol. The van der Waals surface area contributed by atoms with Gasteiger partial charge in [0.1, 0.15) is 11.5 Å². The van der Waals surface area contributed by atoms with Crippen LogP contribution < -0.4 is 14.8 Å². The maximum Gasteiger partial charge on any atom is 0.330 e. The first kappa shape index (κ1) is 18.3. The maximum atomic E-state index is 12.6. The lowest BCUT2D eigenvalue weighted by Gasteiger charge is -2.18. The van der Waals surface area contributed by atoms with Crippen LogP contribution in [-0.4, -0.2) is 31.2 Å². The molecule has 6 heteroatoms. The molecule has 0 aromatic heterocycles. The third kappa shape index (κ3) is 4.09. The number of ether oxygens (including phenoxy) is 2. The molecule has 0 bridgehead atoms. The quantitative estimate of drug-likeness (QED) is 0.842. The van der Waals surface area contributed by atoms with Crippen molar-refractivity contribution in [1.82, 2.24) is 5.32 Å². The van der Waals surface area contributed by atoms with Gasteiger partial charge in [-0.15, -0.1) is 0 Å². The molecule has 1 atom stereocenters. The lowest BCUT2D eigenvalue weighted by molar-refractivity contribution is -0.139. The van der Waals surface area contributed by atoms with Crippen molar-refractivity contribution in [1.29, 1.82) is 0 Å². The molecule has 0 aliphatic carbocycles. The van der Waals surface area contributed by atoms with E-state index in [1.807, 2.05) is 19.9 Å². The normalized spacial score (nSPS) is 11.5. The first-order valence-electron chi connectivity index (χ1n) is 7.70. The highest BCUT2D eigenvalue weighted by molar-refractivity contribution is 5.97. The van der Waals surface area contributed by atoms with Crippen molar-refractivity contribution in [2.75, 3.05) is 14.2 Å². The van der Waals surface area contributed by atoms with Crippen LogP contribution in [0.4, 0.5) is 0 Å². The average Bonchev–Trinajstić information content (AvgIpc) is 2.61. The van der Waals surface area contributed by atoms with Gasteiger partial charge in [-0.3, -0.25) is 4.79 Å². The monoisotopic (exact) mass is 343 g/mol. The molecule has 6 nitrogen and oxygen atoms in total. The van der Waals surface area contributed by atoms with Crippen molar-refractivity contribution in [2.24, 2.45) is 0 Å². The van der Waals surface area contributed by atoms with Crippen molar-refractivity contribution in [2.45, 2.75) is 19.9 Å². The minimum atomic E-state index is -1.15. The second-order valence-electron chi connectivity index (χ2n) is 5.64. The third-order valence-corrected chi connectivity index (χ3v) is 4.09. The van der Waals surface area contributed by atoms with E-state index in [-0.39, 0.29) is 5.56 Å². The lowest BCUT2D eigenvalue weighted by Crippen LogP contribution is -2.34. The van der Waals surface area contributed by atoms with Crippen LogP contribution in [0.3, 0.4) is 0 Å². The molecule has 0 radical (unpaired) electrons. The van der Waals surface area contributed by atoms with Crippen LogP contribution in [0.5, 0.6) is 11.5 Å². The summed E-state index contributed by atoms with van der Waals surface area (Å²) in [6.45, 7) is 3.73. The molecule has 0 saturated carbocycles. The van der Waals surface area contributed by atoms with Crippen LogP contribution in [0, 0.1) is 13.8 Å². The van der Waals surface area contributed by atoms with Crippen LogP contribution in [0.15, 0.2) is 36.4 Å². The molecule has 2 rings (SSSR count). The summed E-state index contributed by atoms with van der Waals surface area (Å²) < 4.78 is 10.3. The zero-order valence-electron chi connectivity index (χ0n) is 14.6. The highest BCUT2D eigenvalue weighted by atomic mass is 16.5. The number of benzene rings is 2. The summed E-state index contributed by atoms with van der Waals surface area (Å²) in [6.07, 6.45) is 0. The van der Waals surface area contributed by atoms with Crippen molar-refractivity contribution >= 4 is 11.9 Å². The summed E-state index contributed by atoms with van der Waals surface area (Å²) in [6, 6.07) is 8.91. The first-order valence-corrected chi connectivity index (χ1v) is 7.70. The predicted molar refractivity (Wildman–Crippen MR) is 93.3 cm³/mol. The highest BCUT2D eigenvalue weighted by Gasteiger charge is 2.25. The Balaban J connectivity index is 2.36. The van der Waals surface area contributed by atoms with E-state index >= 15 is 0 Å². The van der Waals surface area contributed by atoms with Gasteiger partial charge in [-0.25, -0.2) is 4.79 Å². The molecule has 2 aromatic rings. The molecule has 0 fully saturated rings. The topological polar surface area (TPSA) is 84.9 Å². The molecule has 2 N–H and O–H groups in total. The first-order chi connectivity index (χ1) is 11.9. The van der Waals surface area contributed by atoms with Gasteiger partial charge in [-0.2, -0.15) is 0 Å². The number of amides is 1. The zero-order valence-corrected chi connectivity index (χ0v) is 14.6. The molecular weight excluding hydrogens is 322 g/mol. The molecule has 1 amide bonds. The Labute approximate surface area is 146 Å². The van der Waals surface area contributed by atoms with Crippen LogP contribution in [-0.2, 0) is 4.79 Å². The van der Waals surface area contributed by atoms with Crippen LogP contribution in [0.2, 0.25) is 0 Å². The number of rotatable bonds is 6. The number of carboxylic acids is 1. The Morgan fingerprint density at radius 1 is 1.04 bits per heavy atom. The fourth-order valence-electron chi connectivity index (χ4n) is 2.51. The van der Waals surface area contributed by atoms with Crippen LogP contribution in [0.1, 0.15) is 33.1 Å². The van der Waals surface area contributed by atoms with E-state index in [0.717, 1.165) is 11.1 Å². The highest BCUT2D eigenvalue weighted by Crippen LogP contribution is 2.24. The van der Waals surface area contributed by atoms with E-state index in [4.69, 9.17) is 9.47 Å². The second-order valence-corrected chi connectivity index (χ2v) is 5.64. The molecule has 132 valence electrons. The predicted octanol–water partition coefficient (Wildman–Crippen LogP) is 2.88. The molecule has 0 heterocycles. The maximum absolute atomic E-state index is 12.6. The van der Waals surface area contributed by atoms with Gasteiger partial charge in [-0.05, 0) is 42.7 Å². The minimum Gasteiger partial charge on any atom is -0.497 e. The van der Waals surface area contributed by atoms with E-state index in [2.05, 4.69) is 5.32 Å². The number of methoxy groups -OCH3 is 2. The van der Waals surface area contributed by atoms with E-state index in [0.29, 0.717) is 17.1 Å².